The molecule has 135 valence electrons. The zero-order chi connectivity index (χ0) is 19.2. The summed E-state index contributed by atoms with van der Waals surface area (Å²) >= 11 is 3.33. The maximum absolute atomic E-state index is 13.2. The molecular weight excluding hydrogens is 426 g/mol. The second-order valence-corrected chi connectivity index (χ2v) is 8.91. The molecule has 0 fully saturated rings. The van der Waals surface area contributed by atoms with Crippen molar-refractivity contribution in [1.82, 2.24) is 13.9 Å². The SMILES string of the molecule is Cc1[c]ccc(-c2cn(S(=O)(=O)c3ccc(C)cc3)c3ncc(Br)nc23)c1. The Labute approximate surface area is 165 Å². The Hall–Kier alpha value is -2.51. The maximum Gasteiger partial charge on any atom is 0.269 e. The third-order valence-electron chi connectivity index (χ3n) is 4.27. The number of halogens is 1. The highest BCUT2D eigenvalue weighted by Crippen LogP contribution is 2.32. The van der Waals surface area contributed by atoms with Crippen LogP contribution in [0.3, 0.4) is 0 Å². The normalized spacial score (nSPS) is 11.8. The minimum Gasteiger partial charge on any atom is -0.235 e. The molecule has 0 unspecified atom stereocenters. The molecule has 4 rings (SSSR count). The second-order valence-electron chi connectivity index (χ2n) is 6.28. The average molecular weight is 441 g/mol. The summed E-state index contributed by atoms with van der Waals surface area (Å²) < 4.78 is 28.2. The smallest absolute Gasteiger partial charge is 0.235 e. The fourth-order valence-corrected chi connectivity index (χ4v) is 4.51. The summed E-state index contributed by atoms with van der Waals surface area (Å²) in [6.07, 6.45) is 3.08. The first-order valence-electron chi connectivity index (χ1n) is 8.21. The van der Waals surface area contributed by atoms with Crippen molar-refractivity contribution < 1.29 is 8.42 Å². The van der Waals surface area contributed by atoms with E-state index in [1.54, 1.807) is 30.5 Å². The first kappa shape index (κ1) is 17.9. The van der Waals surface area contributed by atoms with Crippen molar-refractivity contribution in [3.8, 4) is 11.1 Å². The Balaban J connectivity index is 2.01. The zero-order valence-electron chi connectivity index (χ0n) is 14.6. The molecule has 0 atom stereocenters. The summed E-state index contributed by atoms with van der Waals surface area (Å²) in [7, 11) is -3.80. The van der Waals surface area contributed by atoms with Crippen molar-refractivity contribution in [2.24, 2.45) is 0 Å². The highest BCUT2D eigenvalue weighted by Gasteiger charge is 2.23. The van der Waals surface area contributed by atoms with E-state index in [9.17, 15) is 8.42 Å². The molecule has 0 aliphatic heterocycles. The van der Waals surface area contributed by atoms with Gasteiger partial charge in [-0.05, 0) is 59.1 Å². The van der Waals surface area contributed by atoms with E-state index < -0.39 is 10.0 Å². The van der Waals surface area contributed by atoms with Gasteiger partial charge in [-0.3, -0.25) is 0 Å². The number of aromatic nitrogens is 3. The largest absolute Gasteiger partial charge is 0.269 e. The van der Waals surface area contributed by atoms with Crippen molar-refractivity contribution in [1.29, 1.82) is 0 Å². The van der Waals surface area contributed by atoms with Crippen LogP contribution in [0.15, 0.2) is 64.4 Å². The maximum atomic E-state index is 13.2. The van der Waals surface area contributed by atoms with Crippen molar-refractivity contribution in [2.45, 2.75) is 18.7 Å². The van der Waals surface area contributed by atoms with Gasteiger partial charge in [0.25, 0.3) is 10.0 Å². The highest BCUT2D eigenvalue weighted by atomic mass is 79.9. The summed E-state index contributed by atoms with van der Waals surface area (Å²) in [5.74, 6) is 0. The van der Waals surface area contributed by atoms with E-state index in [-0.39, 0.29) is 4.90 Å². The number of fused-ring (bicyclic) bond motifs is 1. The molecule has 1 radical (unpaired) electrons. The lowest BCUT2D eigenvalue weighted by Gasteiger charge is -2.07. The fourth-order valence-electron chi connectivity index (χ4n) is 2.91. The number of aryl methyl sites for hydroxylation is 2. The molecule has 2 heterocycles. The number of rotatable bonds is 3. The number of nitrogens with zero attached hydrogens (tertiary/aromatic N) is 3. The van der Waals surface area contributed by atoms with Gasteiger partial charge in [0.15, 0.2) is 5.65 Å². The lowest BCUT2D eigenvalue weighted by Crippen LogP contribution is -2.12. The van der Waals surface area contributed by atoms with Crippen LogP contribution < -0.4 is 0 Å². The van der Waals surface area contributed by atoms with Gasteiger partial charge in [0.05, 0.1) is 11.1 Å². The van der Waals surface area contributed by atoms with Crippen molar-refractivity contribution in [3.05, 3.63) is 76.7 Å². The Morgan fingerprint density at radius 2 is 1.85 bits per heavy atom. The lowest BCUT2D eigenvalue weighted by atomic mass is 10.1. The van der Waals surface area contributed by atoms with Crippen molar-refractivity contribution in [3.63, 3.8) is 0 Å². The standard InChI is InChI=1S/C20H15BrN3O2S/c1-13-6-8-16(9-7-13)27(25,26)24-12-17(15-5-3-4-14(2)10-15)19-20(24)22-11-18(21)23-19/h3,5-12H,1-2H3. The van der Waals surface area contributed by atoms with Gasteiger partial charge in [-0.2, -0.15) is 0 Å². The molecular formula is C20H15BrN3O2S. The number of hydrogen-bond donors (Lipinski definition) is 0. The van der Waals surface area contributed by atoms with Gasteiger partial charge in [0, 0.05) is 11.8 Å². The lowest BCUT2D eigenvalue weighted by molar-refractivity contribution is 0.588. The first-order valence-corrected chi connectivity index (χ1v) is 10.4. The molecule has 5 nitrogen and oxygen atoms in total. The van der Waals surface area contributed by atoms with Crippen molar-refractivity contribution >= 4 is 37.1 Å². The Bertz CT molecular complexity index is 1260. The minimum absolute atomic E-state index is 0.207. The summed E-state index contributed by atoms with van der Waals surface area (Å²) in [6, 6.07) is 15.5. The van der Waals surface area contributed by atoms with E-state index in [1.807, 2.05) is 32.0 Å². The molecule has 0 saturated carbocycles. The molecule has 27 heavy (non-hydrogen) atoms. The highest BCUT2D eigenvalue weighted by molar-refractivity contribution is 9.10. The molecule has 0 saturated heterocycles. The fraction of sp³-hybridized carbons (Fsp3) is 0.100. The Morgan fingerprint density at radius 1 is 1.11 bits per heavy atom. The van der Waals surface area contributed by atoms with E-state index in [2.05, 4.69) is 32.0 Å². The van der Waals surface area contributed by atoms with Crippen LogP contribution in [0.4, 0.5) is 0 Å². The summed E-state index contributed by atoms with van der Waals surface area (Å²) in [5, 5.41) is 0. The van der Waals surface area contributed by atoms with Gasteiger partial charge < -0.3 is 0 Å². The molecule has 2 aromatic carbocycles. The number of hydrogen-bond acceptors (Lipinski definition) is 4. The first-order chi connectivity index (χ1) is 12.9. The van der Waals surface area contributed by atoms with Crippen LogP contribution in [-0.4, -0.2) is 22.4 Å². The third kappa shape index (κ3) is 3.17. The van der Waals surface area contributed by atoms with Crippen LogP contribution in [0.5, 0.6) is 0 Å². The molecule has 2 aromatic heterocycles. The quantitative estimate of drug-likeness (QED) is 0.469. The van der Waals surface area contributed by atoms with Crippen molar-refractivity contribution in [2.75, 3.05) is 0 Å². The third-order valence-corrected chi connectivity index (χ3v) is 6.31. The summed E-state index contributed by atoms with van der Waals surface area (Å²) in [6.45, 7) is 3.85. The van der Waals surface area contributed by atoms with Gasteiger partial charge in [-0.1, -0.05) is 35.9 Å². The van der Waals surface area contributed by atoms with Gasteiger partial charge in [0.2, 0.25) is 0 Å². The monoisotopic (exact) mass is 440 g/mol. The molecule has 0 N–H and O–H groups in total. The van der Waals surface area contributed by atoms with E-state index in [0.717, 1.165) is 16.7 Å². The molecule has 4 aromatic rings. The van der Waals surface area contributed by atoms with Crippen LogP contribution in [0, 0.1) is 19.9 Å². The molecule has 0 aliphatic carbocycles. The van der Waals surface area contributed by atoms with E-state index in [0.29, 0.717) is 21.3 Å². The molecule has 0 spiro atoms. The Kier molecular flexibility index (Phi) is 4.36. The van der Waals surface area contributed by atoms with Gasteiger partial charge in [0.1, 0.15) is 10.1 Å². The summed E-state index contributed by atoms with van der Waals surface area (Å²) in [5.41, 5.74) is 4.32. The second kappa shape index (κ2) is 6.58. The summed E-state index contributed by atoms with van der Waals surface area (Å²) in [4.78, 5) is 9.01. The average Bonchev–Trinajstić information content (AvgIpc) is 3.01. The van der Waals surface area contributed by atoms with Crippen LogP contribution in [0.25, 0.3) is 22.3 Å². The van der Waals surface area contributed by atoms with Crippen LogP contribution in [0.2, 0.25) is 0 Å². The van der Waals surface area contributed by atoms with Gasteiger partial charge in [-0.25, -0.2) is 22.4 Å². The van der Waals surface area contributed by atoms with E-state index >= 15 is 0 Å². The Morgan fingerprint density at radius 3 is 2.56 bits per heavy atom. The molecule has 0 amide bonds. The zero-order valence-corrected chi connectivity index (χ0v) is 17.0. The molecule has 0 aliphatic rings. The van der Waals surface area contributed by atoms with Crippen LogP contribution in [0.1, 0.15) is 11.1 Å². The molecule has 0 bridgehead atoms. The van der Waals surface area contributed by atoms with Gasteiger partial charge >= 0.3 is 0 Å². The van der Waals surface area contributed by atoms with Crippen LogP contribution >= 0.6 is 15.9 Å². The molecule has 7 heteroatoms. The van der Waals surface area contributed by atoms with E-state index in [4.69, 9.17) is 0 Å². The minimum atomic E-state index is -3.80. The van der Waals surface area contributed by atoms with Crippen LogP contribution in [-0.2, 0) is 10.0 Å². The topological polar surface area (TPSA) is 64.8 Å². The predicted octanol–water partition coefficient (Wildman–Crippen LogP) is 4.51. The van der Waals surface area contributed by atoms with E-state index in [1.165, 1.54) is 10.2 Å². The van der Waals surface area contributed by atoms with Gasteiger partial charge in [-0.15, -0.1) is 0 Å². The predicted molar refractivity (Wildman–Crippen MR) is 108 cm³/mol. The number of benzene rings is 2.